The fraction of sp³-hybridized carbons (Fsp3) is 0.600. The summed E-state index contributed by atoms with van der Waals surface area (Å²) in [6.07, 6.45) is 16.8. The zero-order valence-electron chi connectivity index (χ0n) is 17.7. The number of rotatable bonds is 10. The maximum absolute atomic E-state index is 6.05. The molecule has 0 amide bonds. The first kappa shape index (κ1) is 20.8. The molecule has 1 aromatic heterocycles. The van der Waals surface area contributed by atoms with Gasteiger partial charge in [0.1, 0.15) is 5.75 Å². The van der Waals surface area contributed by atoms with Gasteiger partial charge in [0.25, 0.3) is 0 Å². The van der Waals surface area contributed by atoms with Crippen LogP contribution < -0.4 is 4.74 Å². The molecule has 0 spiro atoms. The number of hydrogen-bond donors (Lipinski definition) is 0. The van der Waals surface area contributed by atoms with Crippen LogP contribution in [-0.4, -0.2) is 16.6 Å². The van der Waals surface area contributed by atoms with E-state index in [-0.39, 0.29) is 0 Å². The predicted octanol–water partition coefficient (Wildman–Crippen LogP) is 6.86. The van der Waals surface area contributed by atoms with Crippen molar-refractivity contribution < 1.29 is 4.74 Å². The highest BCUT2D eigenvalue weighted by Crippen LogP contribution is 2.31. The van der Waals surface area contributed by atoms with Crippen LogP contribution in [0.3, 0.4) is 0 Å². The molecule has 0 saturated heterocycles. The lowest BCUT2D eigenvalue weighted by molar-refractivity contribution is 0.181. The number of ether oxygens (including phenoxy) is 1. The molecule has 2 aromatic rings. The number of hydrogen-bond acceptors (Lipinski definition) is 3. The van der Waals surface area contributed by atoms with Gasteiger partial charge in [-0.2, -0.15) is 0 Å². The van der Waals surface area contributed by atoms with Gasteiger partial charge in [-0.05, 0) is 67.3 Å². The summed E-state index contributed by atoms with van der Waals surface area (Å²) >= 11 is 0. The van der Waals surface area contributed by atoms with E-state index in [2.05, 4.69) is 48.1 Å². The van der Waals surface area contributed by atoms with E-state index < -0.39 is 0 Å². The van der Waals surface area contributed by atoms with Gasteiger partial charge >= 0.3 is 0 Å². The van der Waals surface area contributed by atoms with E-state index in [0.29, 0.717) is 0 Å². The third-order valence-corrected chi connectivity index (χ3v) is 6.17. The first-order valence-corrected chi connectivity index (χ1v) is 11.3. The van der Waals surface area contributed by atoms with E-state index in [1.807, 2.05) is 12.4 Å². The summed E-state index contributed by atoms with van der Waals surface area (Å²) in [5.74, 6) is 3.41. The second-order valence-electron chi connectivity index (χ2n) is 8.36. The summed E-state index contributed by atoms with van der Waals surface area (Å²) in [5.41, 5.74) is 2.28. The molecule has 0 N–H and O–H groups in total. The molecule has 0 radical (unpaired) electrons. The molecule has 3 heteroatoms. The average molecular weight is 381 g/mol. The van der Waals surface area contributed by atoms with Crippen molar-refractivity contribution >= 4 is 0 Å². The monoisotopic (exact) mass is 380 g/mol. The average Bonchev–Trinajstić information content (AvgIpc) is 2.76. The maximum atomic E-state index is 6.05. The number of aryl methyl sites for hydroxylation is 1. The van der Waals surface area contributed by atoms with Crippen molar-refractivity contribution in [3.63, 3.8) is 0 Å². The van der Waals surface area contributed by atoms with Crippen LogP contribution in [0.25, 0.3) is 11.4 Å². The summed E-state index contributed by atoms with van der Waals surface area (Å²) < 4.78 is 6.05. The molecule has 1 aliphatic rings. The molecular weight excluding hydrogens is 344 g/mol. The van der Waals surface area contributed by atoms with Crippen molar-refractivity contribution in [2.24, 2.45) is 11.8 Å². The molecule has 0 atom stereocenters. The Bertz CT molecular complexity index is 673. The molecular formula is C25H36N2O. The van der Waals surface area contributed by atoms with Gasteiger partial charge in [-0.1, -0.05) is 52.4 Å². The van der Waals surface area contributed by atoms with Gasteiger partial charge in [0.2, 0.25) is 0 Å². The van der Waals surface area contributed by atoms with Crippen LogP contribution in [0.4, 0.5) is 0 Å². The first-order valence-electron chi connectivity index (χ1n) is 11.3. The van der Waals surface area contributed by atoms with Gasteiger partial charge in [-0.15, -0.1) is 0 Å². The topological polar surface area (TPSA) is 35.0 Å². The zero-order chi connectivity index (χ0) is 19.6. The molecule has 1 aliphatic carbocycles. The van der Waals surface area contributed by atoms with Gasteiger partial charge in [-0.3, -0.25) is 0 Å². The zero-order valence-corrected chi connectivity index (χ0v) is 17.7. The molecule has 1 saturated carbocycles. The molecule has 1 heterocycles. The van der Waals surface area contributed by atoms with Crippen LogP contribution >= 0.6 is 0 Å². The van der Waals surface area contributed by atoms with Crippen LogP contribution in [0.15, 0.2) is 36.7 Å². The number of unbranched alkanes of at least 4 members (excludes halogenated alkanes) is 3. The SMILES string of the molecule is CCCCCCc1cnc(-c2ccc(OC[C@H]3CC[C@H](CC)CC3)cc2)nc1. The lowest BCUT2D eigenvalue weighted by atomic mass is 9.81. The first-order chi connectivity index (χ1) is 13.8. The van der Waals surface area contributed by atoms with Gasteiger partial charge in [0.15, 0.2) is 5.82 Å². The maximum Gasteiger partial charge on any atom is 0.159 e. The lowest BCUT2D eigenvalue weighted by Crippen LogP contribution is -2.19. The highest BCUT2D eigenvalue weighted by molar-refractivity contribution is 5.55. The van der Waals surface area contributed by atoms with Crippen LogP contribution in [0.5, 0.6) is 5.75 Å². The summed E-state index contributed by atoms with van der Waals surface area (Å²) in [7, 11) is 0. The molecule has 152 valence electrons. The normalized spacial score (nSPS) is 19.5. The Labute approximate surface area is 171 Å². The molecule has 0 bridgehead atoms. The molecule has 0 aliphatic heterocycles. The molecule has 1 fully saturated rings. The Kier molecular flexibility index (Phi) is 8.32. The summed E-state index contributed by atoms with van der Waals surface area (Å²) in [6, 6.07) is 8.24. The Morgan fingerprint density at radius 3 is 2.18 bits per heavy atom. The van der Waals surface area contributed by atoms with E-state index in [1.54, 1.807) is 0 Å². The van der Waals surface area contributed by atoms with Crippen LogP contribution in [-0.2, 0) is 6.42 Å². The fourth-order valence-electron chi connectivity index (χ4n) is 4.11. The van der Waals surface area contributed by atoms with Crippen molar-refractivity contribution in [3.8, 4) is 17.1 Å². The number of aromatic nitrogens is 2. The second kappa shape index (κ2) is 11.2. The molecule has 3 rings (SSSR count). The second-order valence-corrected chi connectivity index (χ2v) is 8.36. The molecule has 0 unspecified atom stereocenters. The third-order valence-electron chi connectivity index (χ3n) is 6.17. The van der Waals surface area contributed by atoms with Crippen LogP contribution in [0.1, 0.15) is 77.2 Å². The van der Waals surface area contributed by atoms with Crippen molar-refractivity contribution in [1.29, 1.82) is 0 Å². The highest BCUT2D eigenvalue weighted by atomic mass is 16.5. The fourth-order valence-corrected chi connectivity index (χ4v) is 4.11. The van der Waals surface area contributed by atoms with Crippen molar-refractivity contribution in [2.45, 2.75) is 78.1 Å². The smallest absolute Gasteiger partial charge is 0.159 e. The summed E-state index contributed by atoms with van der Waals surface area (Å²) in [6.45, 7) is 5.40. The van der Waals surface area contributed by atoms with E-state index in [0.717, 1.165) is 42.0 Å². The third kappa shape index (κ3) is 6.32. The minimum absolute atomic E-state index is 0.718. The molecule has 1 aromatic carbocycles. The standard InChI is InChI=1S/C25H36N2O/c1-3-5-6-7-8-22-17-26-25(27-18-22)23-13-15-24(16-14-23)28-19-21-11-9-20(4-2)10-12-21/h13-18,20-21H,3-12,19H2,1-2H3/t20-,21-. The van der Waals surface area contributed by atoms with E-state index in [4.69, 9.17) is 4.74 Å². The Morgan fingerprint density at radius 1 is 0.857 bits per heavy atom. The largest absolute Gasteiger partial charge is 0.493 e. The van der Waals surface area contributed by atoms with Crippen molar-refractivity contribution in [2.75, 3.05) is 6.61 Å². The highest BCUT2D eigenvalue weighted by Gasteiger charge is 2.20. The van der Waals surface area contributed by atoms with Crippen LogP contribution in [0.2, 0.25) is 0 Å². The Morgan fingerprint density at radius 2 is 1.54 bits per heavy atom. The molecule has 3 nitrogen and oxygen atoms in total. The van der Waals surface area contributed by atoms with E-state index in [9.17, 15) is 0 Å². The Balaban J connectivity index is 1.46. The quantitative estimate of drug-likeness (QED) is 0.422. The summed E-state index contributed by atoms with van der Waals surface area (Å²) in [5, 5.41) is 0. The number of benzene rings is 1. The van der Waals surface area contributed by atoms with Gasteiger partial charge in [-0.25, -0.2) is 9.97 Å². The van der Waals surface area contributed by atoms with E-state index >= 15 is 0 Å². The minimum Gasteiger partial charge on any atom is -0.493 e. The van der Waals surface area contributed by atoms with Crippen LogP contribution in [0, 0.1) is 11.8 Å². The van der Waals surface area contributed by atoms with Crippen molar-refractivity contribution in [1.82, 2.24) is 9.97 Å². The van der Waals surface area contributed by atoms with Gasteiger partial charge < -0.3 is 4.74 Å². The van der Waals surface area contributed by atoms with Crippen molar-refractivity contribution in [3.05, 3.63) is 42.2 Å². The predicted molar refractivity (Wildman–Crippen MR) is 117 cm³/mol. The van der Waals surface area contributed by atoms with Gasteiger partial charge in [0, 0.05) is 18.0 Å². The number of nitrogens with zero attached hydrogens (tertiary/aromatic N) is 2. The summed E-state index contributed by atoms with van der Waals surface area (Å²) in [4.78, 5) is 9.12. The molecule has 28 heavy (non-hydrogen) atoms. The minimum atomic E-state index is 0.718. The van der Waals surface area contributed by atoms with E-state index in [1.165, 1.54) is 63.4 Å². The van der Waals surface area contributed by atoms with Gasteiger partial charge in [0.05, 0.1) is 6.61 Å². The lowest BCUT2D eigenvalue weighted by Gasteiger charge is -2.27. The Hall–Kier alpha value is -1.90.